The first-order chi connectivity index (χ1) is 6.88. The van der Waals surface area contributed by atoms with Gasteiger partial charge in [-0.25, -0.2) is 4.98 Å². The summed E-state index contributed by atoms with van der Waals surface area (Å²) in [5, 5.41) is 0.427. The molecule has 0 unspecified atom stereocenters. The predicted octanol–water partition coefficient (Wildman–Crippen LogP) is 1.78. The van der Waals surface area contributed by atoms with E-state index in [-0.39, 0.29) is 20.6 Å². The van der Waals surface area contributed by atoms with E-state index in [1.54, 1.807) is 6.07 Å². The molecule has 0 spiro atoms. The Bertz CT molecular complexity index is 635. The molecule has 1 aromatic carbocycles. The SMILES string of the molecule is Nc1nc2c(S(=O)(=O)O)cc(Cl)cc2s1. The fourth-order valence-corrected chi connectivity index (χ4v) is 3.07. The molecule has 0 atom stereocenters. The third kappa shape index (κ3) is 1.91. The van der Waals surface area contributed by atoms with Crippen LogP contribution in [-0.4, -0.2) is 18.0 Å². The maximum Gasteiger partial charge on any atom is 0.296 e. The van der Waals surface area contributed by atoms with E-state index in [2.05, 4.69) is 4.98 Å². The Labute approximate surface area is 94.2 Å². The van der Waals surface area contributed by atoms with Gasteiger partial charge in [0.05, 0.1) is 4.70 Å². The number of thiazole rings is 1. The van der Waals surface area contributed by atoms with Crippen LogP contribution in [0.2, 0.25) is 5.02 Å². The normalized spacial score (nSPS) is 12.1. The lowest BCUT2D eigenvalue weighted by atomic mass is 10.3. The number of nitrogen functional groups attached to an aromatic ring is 1. The van der Waals surface area contributed by atoms with E-state index >= 15 is 0 Å². The molecule has 80 valence electrons. The van der Waals surface area contributed by atoms with E-state index in [0.717, 1.165) is 17.4 Å². The second-order valence-electron chi connectivity index (χ2n) is 2.78. The number of benzene rings is 1. The highest BCUT2D eigenvalue weighted by molar-refractivity contribution is 7.86. The van der Waals surface area contributed by atoms with E-state index < -0.39 is 10.1 Å². The number of halogens is 1. The van der Waals surface area contributed by atoms with Gasteiger partial charge in [0.25, 0.3) is 10.1 Å². The number of aromatic nitrogens is 1. The van der Waals surface area contributed by atoms with Gasteiger partial charge in [0.15, 0.2) is 5.13 Å². The molecular formula is C7H5ClN2O3S2. The summed E-state index contributed by atoms with van der Waals surface area (Å²) < 4.78 is 31.5. The van der Waals surface area contributed by atoms with Crippen molar-refractivity contribution in [1.82, 2.24) is 4.98 Å². The van der Waals surface area contributed by atoms with E-state index in [4.69, 9.17) is 21.9 Å². The quantitative estimate of drug-likeness (QED) is 0.766. The van der Waals surface area contributed by atoms with Crippen molar-refractivity contribution in [2.24, 2.45) is 0 Å². The Balaban J connectivity index is 2.94. The molecule has 3 N–H and O–H groups in total. The van der Waals surface area contributed by atoms with Gasteiger partial charge in [-0.1, -0.05) is 22.9 Å². The number of nitrogens with zero attached hydrogens (tertiary/aromatic N) is 1. The van der Waals surface area contributed by atoms with E-state index in [1.165, 1.54) is 0 Å². The van der Waals surface area contributed by atoms with Crippen molar-refractivity contribution in [2.45, 2.75) is 4.90 Å². The van der Waals surface area contributed by atoms with Gasteiger partial charge in [-0.15, -0.1) is 0 Å². The van der Waals surface area contributed by atoms with Crippen LogP contribution in [0.25, 0.3) is 10.2 Å². The van der Waals surface area contributed by atoms with Crippen LogP contribution in [-0.2, 0) is 10.1 Å². The number of hydrogen-bond donors (Lipinski definition) is 2. The van der Waals surface area contributed by atoms with Crippen molar-refractivity contribution in [3.05, 3.63) is 17.2 Å². The van der Waals surface area contributed by atoms with Crippen molar-refractivity contribution in [3.63, 3.8) is 0 Å². The number of fused-ring (bicyclic) bond motifs is 1. The van der Waals surface area contributed by atoms with Crippen molar-refractivity contribution in [1.29, 1.82) is 0 Å². The summed E-state index contributed by atoms with van der Waals surface area (Å²) in [5.41, 5.74) is 5.58. The summed E-state index contributed by atoms with van der Waals surface area (Å²) in [7, 11) is -4.33. The molecule has 0 saturated heterocycles. The molecule has 15 heavy (non-hydrogen) atoms. The average Bonchev–Trinajstić information content (AvgIpc) is 2.41. The summed E-state index contributed by atoms with van der Waals surface area (Å²) in [5.74, 6) is 0. The standard InChI is InChI=1S/C7H5ClN2O3S2/c8-3-1-4-6(10-7(9)14-4)5(2-3)15(11,12)13/h1-2H,(H2,9,10)(H,11,12,13). The highest BCUT2D eigenvalue weighted by Crippen LogP contribution is 2.31. The lowest BCUT2D eigenvalue weighted by Gasteiger charge is -1.98. The van der Waals surface area contributed by atoms with Gasteiger partial charge < -0.3 is 5.73 Å². The molecule has 2 rings (SSSR count). The van der Waals surface area contributed by atoms with E-state index in [0.29, 0.717) is 4.70 Å². The minimum Gasteiger partial charge on any atom is -0.375 e. The molecule has 5 nitrogen and oxygen atoms in total. The Kier molecular flexibility index (Phi) is 2.34. The number of rotatable bonds is 1. The van der Waals surface area contributed by atoms with Crippen LogP contribution in [0.3, 0.4) is 0 Å². The topological polar surface area (TPSA) is 93.3 Å². The van der Waals surface area contributed by atoms with Crippen molar-refractivity contribution in [3.8, 4) is 0 Å². The molecule has 8 heteroatoms. The fraction of sp³-hybridized carbons (Fsp3) is 0. The molecule has 1 aromatic heterocycles. The zero-order chi connectivity index (χ0) is 11.2. The summed E-state index contributed by atoms with van der Waals surface area (Å²) in [6.07, 6.45) is 0. The van der Waals surface area contributed by atoms with Gasteiger partial charge in [0.2, 0.25) is 0 Å². The van der Waals surface area contributed by atoms with Crippen LogP contribution in [0, 0.1) is 0 Å². The lowest BCUT2D eigenvalue weighted by Crippen LogP contribution is -1.99. The first-order valence-corrected chi connectivity index (χ1v) is 6.34. The lowest BCUT2D eigenvalue weighted by molar-refractivity contribution is 0.484. The van der Waals surface area contributed by atoms with Crippen molar-refractivity contribution in [2.75, 3.05) is 5.73 Å². The Morgan fingerprint density at radius 3 is 2.73 bits per heavy atom. The fourth-order valence-electron chi connectivity index (χ4n) is 1.18. The van der Waals surface area contributed by atoms with Gasteiger partial charge in [-0.2, -0.15) is 8.42 Å². The monoisotopic (exact) mass is 264 g/mol. The van der Waals surface area contributed by atoms with Gasteiger partial charge in [0.1, 0.15) is 10.4 Å². The first kappa shape index (κ1) is 10.6. The minimum absolute atomic E-state index is 0.143. The van der Waals surface area contributed by atoms with Crippen LogP contribution in [0.1, 0.15) is 0 Å². The Hall–Kier alpha value is -0.890. The Morgan fingerprint density at radius 2 is 2.13 bits per heavy atom. The molecule has 0 bridgehead atoms. The molecule has 2 aromatic rings. The van der Waals surface area contributed by atoms with Gasteiger partial charge in [-0.3, -0.25) is 4.55 Å². The number of nitrogens with two attached hydrogens (primary N) is 1. The Morgan fingerprint density at radius 1 is 1.47 bits per heavy atom. The molecule has 1 heterocycles. The first-order valence-electron chi connectivity index (χ1n) is 3.71. The highest BCUT2D eigenvalue weighted by Gasteiger charge is 2.18. The molecule has 0 aliphatic heterocycles. The second-order valence-corrected chi connectivity index (χ2v) is 5.67. The number of hydrogen-bond acceptors (Lipinski definition) is 5. The summed E-state index contributed by atoms with van der Waals surface area (Å²) in [6.45, 7) is 0. The average molecular weight is 265 g/mol. The minimum atomic E-state index is -4.33. The third-order valence-corrected chi connectivity index (χ3v) is 3.64. The van der Waals surface area contributed by atoms with Crippen molar-refractivity contribution < 1.29 is 13.0 Å². The second kappa shape index (κ2) is 3.31. The van der Waals surface area contributed by atoms with Crippen LogP contribution in [0.15, 0.2) is 17.0 Å². The van der Waals surface area contributed by atoms with Gasteiger partial charge in [0, 0.05) is 5.02 Å². The largest absolute Gasteiger partial charge is 0.375 e. The highest BCUT2D eigenvalue weighted by atomic mass is 35.5. The molecule has 0 radical (unpaired) electrons. The maximum atomic E-state index is 11.0. The third-order valence-electron chi connectivity index (χ3n) is 1.72. The van der Waals surface area contributed by atoms with Gasteiger partial charge >= 0.3 is 0 Å². The molecule has 0 fully saturated rings. The maximum absolute atomic E-state index is 11.0. The molecular weight excluding hydrogens is 260 g/mol. The van der Waals surface area contributed by atoms with Crippen LogP contribution >= 0.6 is 22.9 Å². The summed E-state index contributed by atoms with van der Waals surface area (Å²) in [6, 6.07) is 2.68. The van der Waals surface area contributed by atoms with Crippen LogP contribution in [0.5, 0.6) is 0 Å². The van der Waals surface area contributed by atoms with Crippen molar-refractivity contribution >= 4 is 48.4 Å². The zero-order valence-electron chi connectivity index (χ0n) is 7.14. The smallest absolute Gasteiger partial charge is 0.296 e. The molecule has 0 amide bonds. The molecule has 0 aliphatic rings. The molecule has 0 aliphatic carbocycles. The summed E-state index contributed by atoms with van der Waals surface area (Å²) in [4.78, 5) is 3.50. The summed E-state index contributed by atoms with van der Waals surface area (Å²) >= 11 is 6.80. The van der Waals surface area contributed by atoms with E-state index in [9.17, 15) is 8.42 Å². The van der Waals surface area contributed by atoms with Crippen LogP contribution in [0.4, 0.5) is 5.13 Å². The predicted molar refractivity (Wildman–Crippen MR) is 58.9 cm³/mol. The van der Waals surface area contributed by atoms with Crippen LogP contribution < -0.4 is 5.73 Å². The van der Waals surface area contributed by atoms with Gasteiger partial charge in [-0.05, 0) is 12.1 Å². The van der Waals surface area contributed by atoms with E-state index in [1.807, 2.05) is 0 Å². The zero-order valence-corrected chi connectivity index (χ0v) is 9.53. The number of anilines is 1. The molecule has 0 saturated carbocycles.